The van der Waals surface area contributed by atoms with Crippen LogP contribution in [0.2, 0.25) is 0 Å². The summed E-state index contributed by atoms with van der Waals surface area (Å²) < 4.78 is 5.09. The summed E-state index contributed by atoms with van der Waals surface area (Å²) in [7, 11) is 1.59. The number of likely N-dealkylation sites (tertiary alicyclic amines) is 1. The van der Waals surface area contributed by atoms with Gasteiger partial charge >= 0.3 is 0 Å². The molecule has 2 fully saturated rings. The maximum absolute atomic E-state index is 13.1. The van der Waals surface area contributed by atoms with Gasteiger partial charge in [0.05, 0.1) is 13.0 Å². The van der Waals surface area contributed by atoms with Crippen molar-refractivity contribution in [1.29, 1.82) is 0 Å². The van der Waals surface area contributed by atoms with Crippen LogP contribution >= 0.6 is 0 Å². The van der Waals surface area contributed by atoms with E-state index in [1.165, 1.54) is 5.56 Å². The molecule has 6 nitrogen and oxygen atoms in total. The summed E-state index contributed by atoms with van der Waals surface area (Å²) in [4.78, 5) is 17.4. The van der Waals surface area contributed by atoms with Crippen molar-refractivity contribution in [2.45, 2.75) is 32.1 Å². The molecule has 1 atom stereocenters. The first-order valence-electron chi connectivity index (χ1n) is 10.7. The number of anilines is 1. The number of hydrogen-bond donors (Lipinski definition) is 0. The highest BCUT2D eigenvalue weighted by Gasteiger charge is 2.32. The minimum absolute atomic E-state index is 0.0540. The van der Waals surface area contributed by atoms with Crippen molar-refractivity contribution in [2.75, 3.05) is 38.2 Å². The quantitative estimate of drug-likeness (QED) is 0.780. The number of carbonyl (C=O) groups excluding carboxylic acids is 1. The third-order valence-corrected chi connectivity index (χ3v) is 6.22. The van der Waals surface area contributed by atoms with Crippen molar-refractivity contribution in [3.8, 4) is 5.88 Å². The Morgan fingerprint density at radius 1 is 1.03 bits per heavy atom. The summed E-state index contributed by atoms with van der Waals surface area (Å²) in [5.74, 6) is 2.38. The SMILES string of the molecule is COc1ccc(N2CCCC(C(=O)N3CCC(Cc4ccccc4)CC3)C2)nn1. The van der Waals surface area contributed by atoms with Gasteiger partial charge in [-0.25, -0.2) is 0 Å². The minimum Gasteiger partial charge on any atom is -0.480 e. The number of methoxy groups -OCH3 is 1. The second-order valence-corrected chi connectivity index (χ2v) is 8.18. The van der Waals surface area contributed by atoms with Crippen LogP contribution in [0.25, 0.3) is 0 Å². The average molecular weight is 395 g/mol. The maximum Gasteiger partial charge on any atom is 0.233 e. The van der Waals surface area contributed by atoms with Gasteiger partial charge in [-0.05, 0) is 49.7 Å². The Bertz CT molecular complexity index is 788. The number of ether oxygens (including phenoxy) is 1. The molecule has 1 amide bonds. The van der Waals surface area contributed by atoms with Crippen molar-refractivity contribution in [1.82, 2.24) is 15.1 Å². The Labute approximate surface area is 172 Å². The lowest BCUT2D eigenvalue weighted by Gasteiger charge is -2.38. The fraction of sp³-hybridized carbons (Fsp3) is 0.522. The number of piperidine rings is 2. The van der Waals surface area contributed by atoms with E-state index in [0.29, 0.717) is 17.7 Å². The van der Waals surface area contributed by atoms with E-state index in [4.69, 9.17) is 4.74 Å². The summed E-state index contributed by atoms with van der Waals surface area (Å²) >= 11 is 0. The van der Waals surface area contributed by atoms with Crippen molar-refractivity contribution in [3.05, 3.63) is 48.0 Å². The largest absolute Gasteiger partial charge is 0.480 e. The van der Waals surface area contributed by atoms with Gasteiger partial charge < -0.3 is 14.5 Å². The van der Waals surface area contributed by atoms with Crippen molar-refractivity contribution in [3.63, 3.8) is 0 Å². The smallest absolute Gasteiger partial charge is 0.233 e. The molecule has 0 aliphatic carbocycles. The molecule has 0 spiro atoms. The lowest BCUT2D eigenvalue weighted by molar-refractivity contribution is -0.137. The van der Waals surface area contributed by atoms with Crippen LogP contribution in [0.3, 0.4) is 0 Å². The lowest BCUT2D eigenvalue weighted by Crippen LogP contribution is -2.47. The highest BCUT2D eigenvalue weighted by Crippen LogP contribution is 2.27. The molecule has 2 saturated heterocycles. The van der Waals surface area contributed by atoms with Crippen molar-refractivity contribution in [2.24, 2.45) is 11.8 Å². The molecule has 1 aromatic heterocycles. The highest BCUT2D eigenvalue weighted by molar-refractivity contribution is 5.79. The van der Waals surface area contributed by atoms with Gasteiger partial charge in [-0.2, -0.15) is 0 Å². The Balaban J connectivity index is 1.30. The van der Waals surface area contributed by atoms with E-state index in [2.05, 4.69) is 50.3 Å². The van der Waals surface area contributed by atoms with Crippen LogP contribution < -0.4 is 9.64 Å². The fourth-order valence-corrected chi connectivity index (χ4v) is 4.54. The lowest BCUT2D eigenvalue weighted by atomic mass is 9.89. The molecule has 0 bridgehead atoms. The Kier molecular flexibility index (Phi) is 6.27. The van der Waals surface area contributed by atoms with Crippen LogP contribution in [0.5, 0.6) is 5.88 Å². The summed E-state index contributed by atoms with van der Waals surface area (Å²) in [6.45, 7) is 3.41. The van der Waals surface area contributed by atoms with Gasteiger partial charge in [0.1, 0.15) is 0 Å². The van der Waals surface area contributed by atoms with Crippen LogP contribution in [-0.2, 0) is 11.2 Å². The fourth-order valence-electron chi connectivity index (χ4n) is 4.54. The maximum atomic E-state index is 13.1. The molecular formula is C23H30N4O2. The molecule has 29 heavy (non-hydrogen) atoms. The second kappa shape index (κ2) is 9.25. The number of hydrogen-bond acceptors (Lipinski definition) is 5. The molecule has 2 aliphatic rings. The molecular weight excluding hydrogens is 364 g/mol. The van der Waals surface area contributed by atoms with E-state index in [9.17, 15) is 4.79 Å². The zero-order chi connectivity index (χ0) is 20.1. The van der Waals surface area contributed by atoms with Gasteiger partial charge in [-0.15, -0.1) is 10.2 Å². The monoisotopic (exact) mass is 394 g/mol. The summed E-state index contributed by atoms with van der Waals surface area (Å²) in [5, 5.41) is 8.32. The predicted octanol–water partition coefficient (Wildman–Crippen LogP) is 3.18. The molecule has 3 heterocycles. The second-order valence-electron chi connectivity index (χ2n) is 8.18. The zero-order valence-electron chi connectivity index (χ0n) is 17.2. The first-order chi connectivity index (χ1) is 14.2. The standard InChI is InChI=1S/C23H30N4O2/c1-29-22-10-9-21(24-25-22)27-13-5-8-20(17-27)23(28)26-14-11-19(12-15-26)16-18-6-3-2-4-7-18/h2-4,6-7,9-10,19-20H,5,8,11-17H2,1H3. The normalized spacial score (nSPS) is 20.5. The first-order valence-corrected chi connectivity index (χ1v) is 10.7. The van der Waals surface area contributed by atoms with Crippen LogP contribution in [0.4, 0.5) is 5.82 Å². The van der Waals surface area contributed by atoms with Gasteiger partial charge in [0.2, 0.25) is 11.8 Å². The predicted molar refractivity (Wildman–Crippen MR) is 113 cm³/mol. The number of amides is 1. The highest BCUT2D eigenvalue weighted by atomic mass is 16.5. The zero-order valence-corrected chi connectivity index (χ0v) is 17.2. The molecule has 0 saturated carbocycles. The number of aromatic nitrogens is 2. The molecule has 0 radical (unpaired) electrons. The molecule has 4 rings (SSSR count). The van der Waals surface area contributed by atoms with Crippen LogP contribution in [-0.4, -0.2) is 54.3 Å². The van der Waals surface area contributed by atoms with Crippen LogP contribution in [0, 0.1) is 11.8 Å². The van der Waals surface area contributed by atoms with E-state index in [1.807, 2.05) is 12.1 Å². The van der Waals surface area contributed by atoms with Gasteiger partial charge in [-0.3, -0.25) is 4.79 Å². The van der Waals surface area contributed by atoms with E-state index < -0.39 is 0 Å². The van der Waals surface area contributed by atoms with Gasteiger partial charge in [0.25, 0.3) is 0 Å². The minimum atomic E-state index is 0.0540. The summed E-state index contributed by atoms with van der Waals surface area (Å²) in [6, 6.07) is 14.4. The Morgan fingerprint density at radius 2 is 1.83 bits per heavy atom. The van der Waals surface area contributed by atoms with E-state index in [1.54, 1.807) is 7.11 Å². The van der Waals surface area contributed by atoms with E-state index in [0.717, 1.165) is 64.1 Å². The molecule has 1 aromatic carbocycles. The van der Waals surface area contributed by atoms with Gasteiger partial charge in [0, 0.05) is 32.2 Å². The Hall–Kier alpha value is -2.63. The van der Waals surface area contributed by atoms with Gasteiger partial charge in [-0.1, -0.05) is 30.3 Å². The number of nitrogens with zero attached hydrogens (tertiary/aromatic N) is 4. The van der Waals surface area contributed by atoms with Crippen LogP contribution in [0.15, 0.2) is 42.5 Å². The van der Waals surface area contributed by atoms with Crippen molar-refractivity contribution >= 4 is 11.7 Å². The summed E-state index contributed by atoms with van der Waals surface area (Å²) in [6.07, 6.45) is 5.29. The number of benzene rings is 1. The number of rotatable bonds is 5. The van der Waals surface area contributed by atoms with E-state index in [-0.39, 0.29) is 5.92 Å². The molecule has 2 aliphatic heterocycles. The first kappa shape index (κ1) is 19.7. The molecule has 6 heteroatoms. The summed E-state index contributed by atoms with van der Waals surface area (Å²) in [5.41, 5.74) is 1.40. The molecule has 1 unspecified atom stereocenters. The van der Waals surface area contributed by atoms with Crippen molar-refractivity contribution < 1.29 is 9.53 Å². The van der Waals surface area contributed by atoms with E-state index >= 15 is 0 Å². The van der Waals surface area contributed by atoms with Gasteiger partial charge in [0.15, 0.2) is 5.82 Å². The third kappa shape index (κ3) is 4.86. The average Bonchev–Trinajstić information content (AvgIpc) is 2.80. The van der Waals surface area contributed by atoms with Crippen LogP contribution in [0.1, 0.15) is 31.2 Å². The molecule has 2 aromatic rings. The molecule has 0 N–H and O–H groups in total. The Morgan fingerprint density at radius 3 is 2.52 bits per heavy atom. The third-order valence-electron chi connectivity index (χ3n) is 6.22. The topological polar surface area (TPSA) is 58.6 Å². The number of carbonyl (C=O) groups is 1. The molecule has 154 valence electrons.